The fourth-order valence-electron chi connectivity index (χ4n) is 6.51. The molecule has 4 aromatic heterocycles. The standard InChI is InChI=1S/C29H29N9O2S/c1-41(39,40)26-25(19-11-20-8-9-21(12-19)37(20)29-23(30)15-32-16-34-29)36-28-22(14-35-38(28)27(26)31)18-7-10-24(33-13-18)17-5-3-2-4-6-17/h2-7,10,13-16,19-21H,8-9,11-12,30-31H2,1H3/t19-,20-,21+. The van der Waals surface area contributed by atoms with Gasteiger partial charge in [-0.3, -0.25) is 4.98 Å². The molecule has 208 valence electrons. The Bertz CT molecular complexity index is 1860. The van der Waals surface area contributed by atoms with E-state index in [1.807, 2.05) is 42.5 Å². The lowest BCUT2D eigenvalue weighted by atomic mass is 9.87. The monoisotopic (exact) mass is 567 g/mol. The molecule has 5 aromatic rings. The van der Waals surface area contributed by atoms with Gasteiger partial charge in [0.1, 0.15) is 17.0 Å². The first kappa shape index (κ1) is 25.4. The van der Waals surface area contributed by atoms with Gasteiger partial charge in [0, 0.05) is 47.1 Å². The van der Waals surface area contributed by atoms with E-state index < -0.39 is 9.84 Å². The predicted molar refractivity (Wildman–Crippen MR) is 157 cm³/mol. The average Bonchev–Trinajstić information content (AvgIpc) is 3.51. The van der Waals surface area contributed by atoms with E-state index in [0.717, 1.165) is 41.0 Å². The van der Waals surface area contributed by atoms with Crippen molar-refractivity contribution in [3.63, 3.8) is 0 Å². The molecule has 41 heavy (non-hydrogen) atoms. The summed E-state index contributed by atoms with van der Waals surface area (Å²) >= 11 is 0. The van der Waals surface area contributed by atoms with E-state index in [1.165, 1.54) is 17.1 Å². The third kappa shape index (κ3) is 4.26. The second-order valence-electron chi connectivity index (χ2n) is 10.8. The van der Waals surface area contributed by atoms with Gasteiger partial charge in [-0.1, -0.05) is 36.4 Å². The number of anilines is 3. The van der Waals surface area contributed by atoms with Crippen molar-refractivity contribution in [1.82, 2.24) is 29.5 Å². The molecule has 0 saturated carbocycles. The number of nitrogens with zero attached hydrogens (tertiary/aromatic N) is 7. The normalized spacial score (nSPS) is 20.5. The van der Waals surface area contributed by atoms with Crippen LogP contribution in [-0.4, -0.2) is 56.3 Å². The number of nitrogen functional groups attached to an aromatic ring is 2. The third-order valence-corrected chi connectivity index (χ3v) is 9.42. The van der Waals surface area contributed by atoms with Crippen molar-refractivity contribution in [1.29, 1.82) is 0 Å². The van der Waals surface area contributed by atoms with Crippen LogP contribution in [0.3, 0.4) is 0 Å². The Hall–Kier alpha value is -4.58. The van der Waals surface area contributed by atoms with Crippen LogP contribution in [0.1, 0.15) is 37.3 Å². The van der Waals surface area contributed by atoms with Crippen molar-refractivity contribution in [2.45, 2.75) is 48.6 Å². The summed E-state index contributed by atoms with van der Waals surface area (Å²) in [5.41, 5.74) is 17.7. The minimum absolute atomic E-state index is 0.0524. The molecule has 7 rings (SSSR count). The summed E-state index contributed by atoms with van der Waals surface area (Å²) in [4.78, 5) is 20.5. The van der Waals surface area contributed by atoms with Crippen LogP contribution in [-0.2, 0) is 9.84 Å². The second kappa shape index (κ2) is 9.51. The number of fused-ring (bicyclic) bond motifs is 3. The van der Waals surface area contributed by atoms with Gasteiger partial charge in [0.25, 0.3) is 0 Å². The first-order valence-corrected chi connectivity index (χ1v) is 15.4. The molecule has 0 spiro atoms. The number of pyridine rings is 1. The van der Waals surface area contributed by atoms with Crippen molar-refractivity contribution < 1.29 is 8.42 Å². The lowest BCUT2D eigenvalue weighted by molar-refractivity contribution is 0.403. The molecule has 2 bridgehead atoms. The second-order valence-corrected chi connectivity index (χ2v) is 12.8. The van der Waals surface area contributed by atoms with Crippen molar-refractivity contribution in [2.75, 3.05) is 22.6 Å². The van der Waals surface area contributed by atoms with Crippen molar-refractivity contribution >= 4 is 32.8 Å². The van der Waals surface area contributed by atoms with Gasteiger partial charge in [0.15, 0.2) is 21.3 Å². The first-order valence-electron chi connectivity index (χ1n) is 13.5. The quantitative estimate of drug-likeness (QED) is 0.320. The molecule has 11 nitrogen and oxygen atoms in total. The number of benzene rings is 1. The van der Waals surface area contributed by atoms with Crippen LogP contribution < -0.4 is 16.4 Å². The molecule has 3 atom stereocenters. The highest BCUT2D eigenvalue weighted by Gasteiger charge is 2.44. The maximum absolute atomic E-state index is 13.1. The number of hydrogen-bond acceptors (Lipinski definition) is 10. The molecule has 0 aliphatic carbocycles. The SMILES string of the molecule is CS(=O)(=O)c1c([C@@H]2C[C@H]3CC[C@@H](C2)N3c2ncncc2N)nc2c(-c3ccc(-c4ccccc4)nc3)cnn2c1N. The zero-order chi connectivity index (χ0) is 28.3. The summed E-state index contributed by atoms with van der Waals surface area (Å²) in [6, 6.07) is 14.2. The lowest BCUT2D eigenvalue weighted by Gasteiger charge is -2.40. The van der Waals surface area contributed by atoms with Crippen molar-refractivity contribution in [3.8, 4) is 22.4 Å². The summed E-state index contributed by atoms with van der Waals surface area (Å²) in [5, 5.41) is 4.44. The van der Waals surface area contributed by atoms with Crippen LogP contribution in [0.5, 0.6) is 0 Å². The van der Waals surface area contributed by atoms with Crippen LogP contribution in [0, 0.1) is 0 Å². The molecule has 2 aliphatic heterocycles. The van der Waals surface area contributed by atoms with Gasteiger partial charge in [-0.2, -0.15) is 9.61 Å². The van der Waals surface area contributed by atoms with E-state index >= 15 is 0 Å². The van der Waals surface area contributed by atoms with Gasteiger partial charge < -0.3 is 16.4 Å². The maximum atomic E-state index is 13.1. The van der Waals surface area contributed by atoms with Crippen LogP contribution in [0.25, 0.3) is 28.0 Å². The number of sulfone groups is 1. The molecule has 2 fully saturated rings. The van der Waals surface area contributed by atoms with Crippen molar-refractivity contribution in [3.05, 3.63) is 73.1 Å². The molecular weight excluding hydrogens is 538 g/mol. The van der Waals surface area contributed by atoms with E-state index in [1.54, 1.807) is 18.6 Å². The minimum atomic E-state index is -3.70. The van der Waals surface area contributed by atoms with Gasteiger partial charge >= 0.3 is 0 Å². The number of hydrogen-bond donors (Lipinski definition) is 2. The zero-order valence-electron chi connectivity index (χ0n) is 22.4. The predicted octanol–water partition coefficient (Wildman–Crippen LogP) is 3.73. The molecule has 12 heteroatoms. The number of aromatic nitrogens is 6. The molecule has 0 amide bonds. The molecule has 4 N–H and O–H groups in total. The Morgan fingerprint density at radius 1 is 0.902 bits per heavy atom. The summed E-state index contributed by atoms with van der Waals surface area (Å²) in [5.74, 6) is 0.703. The fraction of sp³-hybridized carbons (Fsp3) is 0.276. The van der Waals surface area contributed by atoms with Gasteiger partial charge in [0.05, 0.1) is 29.5 Å². The zero-order valence-corrected chi connectivity index (χ0v) is 23.2. The largest absolute Gasteiger partial charge is 0.394 e. The highest BCUT2D eigenvalue weighted by Crippen LogP contribution is 2.47. The number of rotatable bonds is 5. The van der Waals surface area contributed by atoms with Crippen LogP contribution in [0.4, 0.5) is 17.3 Å². The molecule has 1 aromatic carbocycles. The number of nitrogens with two attached hydrogens (primary N) is 2. The average molecular weight is 568 g/mol. The molecule has 2 aliphatic rings. The number of piperidine rings is 1. The molecular formula is C29H29N9O2S. The Balaban J connectivity index is 1.30. The molecule has 2 saturated heterocycles. The third-order valence-electron chi connectivity index (χ3n) is 8.26. The van der Waals surface area contributed by atoms with E-state index in [4.69, 9.17) is 16.5 Å². The molecule has 0 unspecified atom stereocenters. The molecule has 0 radical (unpaired) electrons. The first-order chi connectivity index (χ1) is 19.8. The highest BCUT2D eigenvalue weighted by atomic mass is 32.2. The van der Waals surface area contributed by atoms with Crippen molar-refractivity contribution in [2.24, 2.45) is 0 Å². The van der Waals surface area contributed by atoms with E-state index in [2.05, 4.69) is 25.0 Å². The summed E-state index contributed by atoms with van der Waals surface area (Å²) in [7, 11) is -3.70. The van der Waals surface area contributed by atoms with E-state index in [9.17, 15) is 8.42 Å². The fourth-order valence-corrected chi connectivity index (χ4v) is 7.57. The Morgan fingerprint density at radius 2 is 1.66 bits per heavy atom. The highest BCUT2D eigenvalue weighted by molar-refractivity contribution is 7.91. The van der Waals surface area contributed by atoms with Gasteiger partial charge in [-0.15, -0.1) is 0 Å². The summed E-state index contributed by atoms with van der Waals surface area (Å²) < 4.78 is 27.6. The Kier molecular flexibility index (Phi) is 5.89. The Morgan fingerprint density at radius 3 is 2.32 bits per heavy atom. The topological polar surface area (TPSA) is 158 Å². The van der Waals surface area contributed by atoms with E-state index in [-0.39, 0.29) is 28.7 Å². The lowest BCUT2D eigenvalue weighted by Crippen LogP contribution is -2.43. The van der Waals surface area contributed by atoms with Gasteiger partial charge in [-0.05, 0) is 31.7 Å². The van der Waals surface area contributed by atoms with E-state index in [0.29, 0.717) is 29.9 Å². The smallest absolute Gasteiger partial charge is 0.180 e. The van der Waals surface area contributed by atoms with Gasteiger partial charge in [0.2, 0.25) is 0 Å². The van der Waals surface area contributed by atoms with Crippen LogP contribution in [0.2, 0.25) is 0 Å². The van der Waals surface area contributed by atoms with Crippen LogP contribution >= 0.6 is 0 Å². The minimum Gasteiger partial charge on any atom is -0.394 e. The maximum Gasteiger partial charge on any atom is 0.180 e. The summed E-state index contributed by atoms with van der Waals surface area (Å²) in [6.07, 6.45) is 11.1. The van der Waals surface area contributed by atoms with Gasteiger partial charge in [-0.25, -0.2) is 23.4 Å². The Labute approximate surface area is 237 Å². The molecule has 6 heterocycles. The van der Waals surface area contributed by atoms with Crippen LogP contribution in [0.15, 0.2) is 72.3 Å². The summed E-state index contributed by atoms with van der Waals surface area (Å²) in [6.45, 7) is 0.